The standard InChI is InChI=1S/C12H22O2/c1-4-7-8-11(5-2)9-10-12(13)14-6-3/h9-11H,4-8H2,1-3H3/b10-9-. The van der Waals surface area contributed by atoms with Crippen LogP contribution in [0.4, 0.5) is 0 Å². The summed E-state index contributed by atoms with van der Waals surface area (Å²) in [7, 11) is 0. The predicted molar refractivity (Wildman–Crippen MR) is 59.1 cm³/mol. The van der Waals surface area contributed by atoms with Gasteiger partial charge in [-0.25, -0.2) is 4.79 Å². The minimum Gasteiger partial charge on any atom is -0.463 e. The van der Waals surface area contributed by atoms with Gasteiger partial charge in [-0.15, -0.1) is 0 Å². The third kappa shape index (κ3) is 6.70. The summed E-state index contributed by atoms with van der Waals surface area (Å²) in [6.45, 7) is 6.60. The highest BCUT2D eigenvalue weighted by Gasteiger charge is 2.02. The first-order chi connectivity index (χ1) is 6.74. The Hall–Kier alpha value is -0.790. The largest absolute Gasteiger partial charge is 0.463 e. The lowest BCUT2D eigenvalue weighted by Gasteiger charge is -2.07. The molecule has 0 bridgehead atoms. The molecule has 1 unspecified atom stereocenters. The second-order valence-corrected chi connectivity index (χ2v) is 3.42. The van der Waals surface area contributed by atoms with Crippen molar-refractivity contribution >= 4 is 5.97 Å². The molecule has 0 aliphatic rings. The van der Waals surface area contributed by atoms with Crippen molar-refractivity contribution in [2.24, 2.45) is 5.92 Å². The van der Waals surface area contributed by atoms with Crippen LogP contribution in [-0.2, 0) is 9.53 Å². The first kappa shape index (κ1) is 13.2. The highest BCUT2D eigenvalue weighted by Crippen LogP contribution is 2.13. The molecule has 0 saturated carbocycles. The van der Waals surface area contributed by atoms with Crippen LogP contribution < -0.4 is 0 Å². The topological polar surface area (TPSA) is 26.3 Å². The fourth-order valence-corrected chi connectivity index (χ4v) is 1.31. The van der Waals surface area contributed by atoms with Crippen LogP contribution in [0.2, 0.25) is 0 Å². The number of ether oxygens (including phenoxy) is 1. The maximum absolute atomic E-state index is 11.0. The third-order valence-electron chi connectivity index (χ3n) is 2.24. The first-order valence-corrected chi connectivity index (χ1v) is 5.59. The van der Waals surface area contributed by atoms with Crippen molar-refractivity contribution in [1.82, 2.24) is 0 Å². The molecule has 2 heteroatoms. The summed E-state index contributed by atoms with van der Waals surface area (Å²) in [5, 5.41) is 0. The molecule has 0 saturated heterocycles. The number of unbranched alkanes of at least 4 members (excludes halogenated alkanes) is 1. The van der Waals surface area contributed by atoms with Gasteiger partial charge < -0.3 is 4.74 Å². The molecule has 0 aliphatic heterocycles. The number of carbonyl (C=O) groups excluding carboxylic acids is 1. The molecule has 0 radical (unpaired) electrons. The van der Waals surface area contributed by atoms with E-state index in [1.165, 1.54) is 19.3 Å². The van der Waals surface area contributed by atoms with Crippen molar-refractivity contribution in [2.45, 2.75) is 46.5 Å². The highest BCUT2D eigenvalue weighted by molar-refractivity contribution is 5.81. The van der Waals surface area contributed by atoms with Gasteiger partial charge in [-0.3, -0.25) is 0 Å². The highest BCUT2D eigenvalue weighted by atomic mass is 16.5. The molecule has 0 fully saturated rings. The van der Waals surface area contributed by atoms with Gasteiger partial charge in [-0.1, -0.05) is 32.8 Å². The van der Waals surface area contributed by atoms with Gasteiger partial charge in [0, 0.05) is 6.08 Å². The Morgan fingerprint density at radius 2 is 2.07 bits per heavy atom. The van der Waals surface area contributed by atoms with Crippen molar-refractivity contribution < 1.29 is 9.53 Å². The van der Waals surface area contributed by atoms with Crippen LogP contribution in [-0.4, -0.2) is 12.6 Å². The first-order valence-electron chi connectivity index (χ1n) is 5.59. The minimum atomic E-state index is -0.220. The minimum absolute atomic E-state index is 0.220. The lowest BCUT2D eigenvalue weighted by molar-refractivity contribution is -0.137. The molecule has 0 rings (SSSR count). The van der Waals surface area contributed by atoms with Gasteiger partial charge in [-0.05, 0) is 25.7 Å². The average Bonchev–Trinajstić information content (AvgIpc) is 2.19. The van der Waals surface area contributed by atoms with Gasteiger partial charge in [-0.2, -0.15) is 0 Å². The molecule has 0 aliphatic carbocycles. The lowest BCUT2D eigenvalue weighted by atomic mass is 9.99. The Bertz CT molecular complexity index is 173. The number of hydrogen-bond donors (Lipinski definition) is 0. The molecule has 0 aromatic heterocycles. The maximum Gasteiger partial charge on any atom is 0.330 e. The van der Waals surface area contributed by atoms with Crippen LogP contribution in [0.25, 0.3) is 0 Å². The van der Waals surface area contributed by atoms with E-state index in [0.717, 1.165) is 6.42 Å². The van der Waals surface area contributed by atoms with E-state index in [9.17, 15) is 4.79 Å². The van der Waals surface area contributed by atoms with Gasteiger partial charge in [0.1, 0.15) is 0 Å². The molecule has 82 valence electrons. The number of esters is 1. The van der Waals surface area contributed by atoms with Crippen LogP contribution >= 0.6 is 0 Å². The van der Waals surface area contributed by atoms with Crippen molar-refractivity contribution in [3.63, 3.8) is 0 Å². The summed E-state index contributed by atoms with van der Waals surface area (Å²) in [4.78, 5) is 11.0. The van der Waals surface area contributed by atoms with E-state index in [2.05, 4.69) is 13.8 Å². The van der Waals surface area contributed by atoms with Gasteiger partial charge in [0.05, 0.1) is 6.61 Å². The van der Waals surface area contributed by atoms with E-state index in [0.29, 0.717) is 12.5 Å². The number of rotatable bonds is 7. The molecule has 1 atom stereocenters. The molecule has 0 spiro atoms. The zero-order chi connectivity index (χ0) is 10.8. The van der Waals surface area contributed by atoms with Gasteiger partial charge in [0.25, 0.3) is 0 Å². The van der Waals surface area contributed by atoms with Crippen molar-refractivity contribution in [3.8, 4) is 0 Å². The molecule has 0 N–H and O–H groups in total. The van der Waals surface area contributed by atoms with Crippen molar-refractivity contribution in [3.05, 3.63) is 12.2 Å². The second kappa shape index (κ2) is 8.79. The molecule has 0 heterocycles. The molecule has 2 nitrogen and oxygen atoms in total. The Kier molecular flexibility index (Phi) is 8.30. The molecule has 14 heavy (non-hydrogen) atoms. The summed E-state index contributed by atoms with van der Waals surface area (Å²) in [6.07, 6.45) is 8.25. The Labute approximate surface area is 87.3 Å². The van der Waals surface area contributed by atoms with Crippen LogP contribution in [0.15, 0.2) is 12.2 Å². The third-order valence-corrected chi connectivity index (χ3v) is 2.24. The summed E-state index contributed by atoms with van der Waals surface area (Å²) in [5.74, 6) is 0.307. The van der Waals surface area contributed by atoms with Gasteiger partial charge in [0.2, 0.25) is 0 Å². The van der Waals surface area contributed by atoms with Gasteiger partial charge >= 0.3 is 5.97 Å². The van der Waals surface area contributed by atoms with Crippen LogP contribution in [0, 0.1) is 5.92 Å². The van der Waals surface area contributed by atoms with E-state index < -0.39 is 0 Å². The summed E-state index contributed by atoms with van der Waals surface area (Å²) in [6, 6.07) is 0. The molecular weight excluding hydrogens is 176 g/mol. The van der Waals surface area contributed by atoms with Crippen LogP contribution in [0.5, 0.6) is 0 Å². The number of allylic oxidation sites excluding steroid dienone is 1. The lowest BCUT2D eigenvalue weighted by Crippen LogP contribution is -2.01. The van der Waals surface area contributed by atoms with Crippen molar-refractivity contribution in [2.75, 3.05) is 6.61 Å². The maximum atomic E-state index is 11.0. The normalized spacial score (nSPS) is 13.1. The smallest absolute Gasteiger partial charge is 0.330 e. The van der Waals surface area contributed by atoms with Crippen LogP contribution in [0.3, 0.4) is 0 Å². The number of hydrogen-bond acceptors (Lipinski definition) is 2. The van der Waals surface area contributed by atoms with Crippen molar-refractivity contribution in [1.29, 1.82) is 0 Å². The predicted octanol–water partition coefficient (Wildman–Crippen LogP) is 3.32. The zero-order valence-electron chi connectivity index (χ0n) is 9.58. The Morgan fingerprint density at radius 3 is 2.57 bits per heavy atom. The molecule has 0 amide bonds. The second-order valence-electron chi connectivity index (χ2n) is 3.42. The number of carbonyl (C=O) groups is 1. The van der Waals surface area contributed by atoms with E-state index in [4.69, 9.17) is 4.74 Å². The fourth-order valence-electron chi connectivity index (χ4n) is 1.31. The molecule has 0 aromatic carbocycles. The Balaban J connectivity index is 3.84. The van der Waals surface area contributed by atoms with E-state index in [-0.39, 0.29) is 5.97 Å². The average molecular weight is 198 g/mol. The summed E-state index contributed by atoms with van der Waals surface area (Å²) < 4.78 is 4.82. The summed E-state index contributed by atoms with van der Waals surface area (Å²) >= 11 is 0. The quantitative estimate of drug-likeness (QED) is 0.463. The van der Waals surface area contributed by atoms with E-state index >= 15 is 0 Å². The molecule has 0 aromatic rings. The Morgan fingerprint density at radius 1 is 1.36 bits per heavy atom. The summed E-state index contributed by atoms with van der Waals surface area (Å²) in [5.41, 5.74) is 0. The van der Waals surface area contributed by atoms with E-state index in [1.807, 2.05) is 13.0 Å². The molecular formula is C12H22O2. The van der Waals surface area contributed by atoms with E-state index in [1.54, 1.807) is 6.08 Å². The SMILES string of the molecule is CCCCC(/C=C\C(=O)OCC)CC. The van der Waals surface area contributed by atoms with Gasteiger partial charge in [0.15, 0.2) is 0 Å². The van der Waals surface area contributed by atoms with Crippen LogP contribution in [0.1, 0.15) is 46.5 Å². The fraction of sp³-hybridized carbons (Fsp3) is 0.750. The zero-order valence-corrected chi connectivity index (χ0v) is 9.58. The monoisotopic (exact) mass is 198 g/mol.